The van der Waals surface area contributed by atoms with Crippen LogP contribution in [0.25, 0.3) is 11.2 Å². The molecule has 10 nitrogen and oxygen atoms in total. The summed E-state index contributed by atoms with van der Waals surface area (Å²) in [6.07, 6.45) is 1.33. The Balaban J connectivity index is 1.96. The number of fused-ring (bicyclic) bond motifs is 1. The van der Waals surface area contributed by atoms with E-state index in [0.717, 1.165) is 0 Å². The Morgan fingerprint density at radius 3 is 2.71 bits per heavy atom. The van der Waals surface area contributed by atoms with E-state index in [-0.39, 0.29) is 28.6 Å². The van der Waals surface area contributed by atoms with Crippen LogP contribution in [0.3, 0.4) is 0 Å². The van der Waals surface area contributed by atoms with Crippen molar-refractivity contribution >= 4 is 23.3 Å². The van der Waals surface area contributed by atoms with Crippen LogP contribution in [0.5, 0.6) is 11.5 Å². The average Bonchev–Trinajstić information content (AvgIpc) is 2.85. The minimum atomic E-state index is -0.560. The Hall–Kier alpha value is -3.56. The molecule has 0 aliphatic carbocycles. The van der Waals surface area contributed by atoms with E-state index in [9.17, 15) is 19.8 Å². The average molecular weight is 330 g/mol. The fraction of sp³-hybridized carbons (Fsp3) is 0.143. The number of anilines is 1. The van der Waals surface area contributed by atoms with E-state index >= 15 is 0 Å². The molecule has 0 aliphatic heterocycles. The monoisotopic (exact) mass is 330 g/mol. The first-order valence-electron chi connectivity index (χ1n) is 6.85. The standard InChI is InChI=1S/C14H14N6O4/c1-19-10-11(20(2)14(24)17-12(10)23)16-13(19)18-15-6-7-3-4-8(21)5-9(7)22/h3-6,21-22H,1-2H3,(H,16,18)(H,17,23,24)/b15-6+. The second-order valence-corrected chi connectivity index (χ2v) is 5.10. The molecule has 0 atom stereocenters. The van der Waals surface area contributed by atoms with Gasteiger partial charge in [-0.25, -0.2) is 10.2 Å². The largest absolute Gasteiger partial charge is 0.508 e. The molecule has 0 unspecified atom stereocenters. The molecule has 2 heterocycles. The van der Waals surface area contributed by atoms with E-state index in [4.69, 9.17) is 0 Å². The number of H-pyrrole nitrogens is 1. The van der Waals surface area contributed by atoms with Crippen molar-refractivity contribution in [2.24, 2.45) is 19.2 Å². The fourth-order valence-electron chi connectivity index (χ4n) is 2.21. The number of aromatic amines is 1. The van der Waals surface area contributed by atoms with Crippen LogP contribution < -0.4 is 16.7 Å². The van der Waals surface area contributed by atoms with Gasteiger partial charge in [0.25, 0.3) is 5.56 Å². The van der Waals surface area contributed by atoms with Crippen molar-refractivity contribution in [1.82, 2.24) is 19.1 Å². The highest BCUT2D eigenvalue weighted by Gasteiger charge is 2.14. The summed E-state index contributed by atoms with van der Waals surface area (Å²) in [7, 11) is 3.10. The highest BCUT2D eigenvalue weighted by molar-refractivity contribution is 5.84. The van der Waals surface area contributed by atoms with Crippen LogP contribution in [0.2, 0.25) is 0 Å². The smallest absolute Gasteiger partial charge is 0.329 e. The molecule has 0 radical (unpaired) electrons. The molecule has 0 amide bonds. The Kier molecular flexibility index (Phi) is 3.56. The maximum Gasteiger partial charge on any atom is 0.329 e. The molecule has 3 aromatic rings. The summed E-state index contributed by atoms with van der Waals surface area (Å²) in [6, 6.07) is 4.08. The molecule has 0 saturated heterocycles. The molecule has 0 aliphatic rings. The lowest BCUT2D eigenvalue weighted by atomic mass is 10.2. The number of hydrogen-bond donors (Lipinski definition) is 4. The molecular weight excluding hydrogens is 316 g/mol. The molecule has 10 heteroatoms. The third-order valence-corrected chi connectivity index (χ3v) is 3.52. The number of nitrogens with zero attached hydrogens (tertiary/aromatic N) is 4. The summed E-state index contributed by atoms with van der Waals surface area (Å²) < 4.78 is 2.68. The molecule has 2 aromatic heterocycles. The molecule has 24 heavy (non-hydrogen) atoms. The van der Waals surface area contributed by atoms with E-state index in [2.05, 4.69) is 20.5 Å². The van der Waals surface area contributed by atoms with E-state index in [1.807, 2.05) is 0 Å². The predicted molar refractivity (Wildman–Crippen MR) is 87.6 cm³/mol. The van der Waals surface area contributed by atoms with Crippen LogP contribution >= 0.6 is 0 Å². The normalized spacial score (nSPS) is 11.4. The Labute approximate surface area is 134 Å². The summed E-state index contributed by atoms with van der Waals surface area (Å²) in [5.41, 5.74) is 2.36. The second kappa shape index (κ2) is 5.57. The van der Waals surface area contributed by atoms with Crippen molar-refractivity contribution in [2.75, 3.05) is 5.43 Å². The quantitative estimate of drug-likeness (QED) is 0.388. The number of aromatic nitrogens is 4. The fourth-order valence-corrected chi connectivity index (χ4v) is 2.21. The van der Waals surface area contributed by atoms with E-state index in [1.54, 1.807) is 7.05 Å². The number of rotatable bonds is 3. The van der Waals surface area contributed by atoms with Crippen LogP contribution in [-0.4, -0.2) is 35.5 Å². The van der Waals surface area contributed by atoms with Gasteiger partial charge in [-0.2, -0.15) is 10.1 Å². The van der Waals surface area contributed by atoms with Gasteiger partial charge in [-0.05, 0) is 12.1 Å². The van der Waals surface area contributed by atoms with Gasteiger partial charge in [0.05, 0.1) is 6.21 Å². The zero-order valence-electron chi connectivity index (χ0n) is 12.8. The minimum Gasteiger partial charge on any atom is -0.508 e. The Bertz CT molecular complexity index is 1080. The number of aromatic hydroxyl groups is 2. The lowest BCUT2D eigenvalue weighted by molar-refractivity contribution is 0.450. The third kappa shape index (κ3) is 2.49. The summed E-state index contributed by atoms with van der Waals surface area (Å²) in [6.45, 7) is 0. The summed E-state index contributed by atoms with van der Waals surface area (Å²) >= 11 is 0. The van der Waals surface area contributed by atoms with Crippen molar-refractivity contribution < 1.29 is 10.2 Å². The van der Waals surface area contributed by atoms with Crippen molar-refractivity contribution in [2.45, 2.75) is 0 Å². The predicted octanol–water partition coefficient (Wildman–Crippen LogP) is -0.183. The summed E-state index contributed by atoms with van der Waals surface area (Å²) in [5, 5.41) is 22.9. The molecule has 4 N–H and O–H groups in total. The summed E-state index contributed by atoms with van der Waals surface area (Å²) in [4.78, 5) is 29.9. The van der Waals surface area contributed by atoms with E-state index in [0.29, 0.717) is 5.56 Å². The molecule has 1 aromatic carbocycles. The number of phenols is 2. The highest BCUT2D eigenvalue weighted by atomic mass is 16.3. The maximum atomic E-state index is 11.9. The van der Waals surface area contributed by atoms with Gasteiger partial charge in [0, 0.05) is 25.7 Å². The van der Waals surface area contributed by atoms with E-state index < -0.39 is 11.2 Å². The van der Waals surface area contributed by atoms with Crippen LogP contribution in [0.1, 0.15) is 5.56 Å². The number of nitrogens with one attached hydrogen (secondary N) is 2. The Morgan fingerprint density at radius 1 is 1.25 bits per heavy atom. The van der Waals surface area contributed by atoms with Crippen molar-refractivity contribution in [3.8, 4) is 11.5 Å². The number of imidazole rings is 1. The third-order valence-electron chi connectivity index (χ3n) is 3.52. The number of aryl methyl sites for hydroxylation is 2. The molecule has 0 saturated carbocycles. The second-order valence-electron chi connectivity index (χ2n) is 5.10. The minimum absolute atomic E-state index is 0.0619. The molecule has 0 fully saturated rings. The van der Waals surface area contributed by atoms with Crippen LogP contribution in [0.15, 0.2) is 32.9 Å². The Morgan fingerprint density at radius 2 is 2.00 bits per heavy atom. The van der Waals surface area contributed by atoms with Gasteiger partial charge in [0.15, 0.2) is 11.2 Å². The van der Waals surface area contributed by atoms with Gasteiger partial charge >= 0.3 is 5.69 Å². The van der Waals surface area contributed by atoms with Gasteiger partial charge in [0.2, 0.25) is 5.95 Å². The van der Waals surface area contributed by atoms with Crippen LogP contribution in [-0.2, 0) is 14.1 Å². The van der Waals surface area contributed by atoms with Crippen molar-refractivity contribution in [3.63, 3.8) is 0 Å². The molecule has 0 bridgehead atoms. The molecule has 124 valence electrons. The van der Waals surface area contributed by atoms with Crippen LogP contribution in [0, 0.1) is 0 Å². The zero-order valence-corrected chi connectivity index (χ0v) is 12.8. The first-order chi connectivity index (χ1) is 11.4. The number of phenolic OH excluding ortho intramolecular Hbond substituents is 2. The van der Waals surface area contributed by atoms with Crippen LogP contribution in [0.4, 0.5) is 5.95 Å². The van der Waals surface area contributed by atoms with Crippen molar-refractivity contribution in [1.29, 1.82) is 0 Å². The first-order valence-corrected chi connectivity index (χ1v) is 6.85. The van der Waals surface area contributed by atoms with Gasteiger partial charge in [-0.3, -0.25) is 14.3 Å². The molecule has 0 spiro atoms. The highest BCUT2D eigenvalue weighted by Crippen LogP contribution is 2.21. The van der Waals surface area contributed by atoms with Gasteiger partial charge < -0.3 is 14.8 Å². The summed E-state index contributed by atoms with van der Waals surface area (Å²) in [5.74, 6) is 0.0451. The molecule has 3 rings (SSSR count). The molecular formula is C14H14N6O4. The van der Waals surface area contributed by atoms with Crippen molar-refractivity contribution in [3.05, 3.63) is 44.6 Å². The first kappa shape index (κ1) is 15.3. The maximum absolute atomic E-state index is 11.9. The van der Waals surface area contributed by atoms with E-state index in [1.165, 1.54) is 40.6 Å². The lowest BCUT2D eigenvalue weighted by Gasteiger charge is -2.01. The van der Waals surface area contributed by atoms with Gasteiger partial charge in [-0.1, -0.05) is 0 Å². The lowest BCUT2D eigenvalue weighted by Crippen LogP contribution is -2.29. The topological polar surface area (TPSA) is 138 Å². The number of hydrazone groups is 1. The SMILES string of the molecule is Cn1c(N/N=C/c2ccc(O)cc2O)nc2c1c(=O)[nH]c(=O)n2C. The van der Waals surface area contributed by atoms with Gasteiger partial charge in [0.1, 0.15) is 11.5 Å². The van der Waals surface area contributed by atoms with Gasteiger partial charge in [-0.15, -0.1) is 0 Å². The number of benzene rings is 1. The zero-order chi connectivity index (χ0) is 17.4. The number of hydrogen-bond acceptors (Lipinski definition) is 7.